The number of benzene rings is 4. The molecule has 5 rings (SSSR count). The maximum absolute atomic E-state index is 3.66. The first-order valence-electron chi connectivity index (χ1n) is 8.88. The normalized spacial score (nSPS) is 11.6. The lowest BCUT2D eigenvalue weighted by Crippen LogP contribution is -1.88. The fourth-order valence-electron chi connectivity index (χ4n) is 3.89. The lowest BCUT2D eigenvalue weighted by molar-refractivity contribution is 1.14. The van der Waals surface area contributed by atoms with Crippen molar-refractivity contribution in [3.05, 3.63) is 82.8 Å². The van der Waals surface area contributed by atoms with E-state index in [-0.39, 0.29) is 0 Å². The molecule has 0 saturated heterocycles. The molecule has 0 bridgehead atoms. The number of halogens is 1. The van der Waals surface area contributed by atoms with Crippen molar-refractivity contribution in [1.82, 2.24) is 0 Å². The molecule has 2 heteroatoms. The van der Waals surface area contributed by atoms with E-state index in [9.17, 15) is 0 Å². The molecular formula is C24H17BrS. The standard InChI is InChI=1S/C24H17BrS/c1-2-15-10-12-17(25)14-21(15)19-8-5-9-20-23-18-7-4-3-6-16(18)11-13-22(23)26-24(19)20/h3-14H,2H2,1H3. The highest BCUT2D eigenvalue weighted by Crippen LogP contribution is 2.43. The molecule has 5 aromatic rings. The van der Waals surface area contributed by atoms with E-state index in [2.05, 4.69) is 95.7 Å². The van der Waals surface area contributed by atoms with Gasteiger partial charge in [0.1, 0.15) is 0 Å². The van der Waals surface area contributed by atoms with Crippen molar-refractivity contribution in [3.63, 3.8) is 0 Å². The van der Waals surface area contributed by atoms with Crippen LogP contribution in [0.2, 0.25) is 0 Å². The Balaban J connectivity index is 1.92. The predicted octanol–water partition coefficient (Wildman–Crippen LogP) is 8.20. The van der Waals surface area contributed by atoms with Crippen LogP contribution in [0.1, 0.15) is 12.5 Å². The van der Waals surface area contributed by atoms with Gasteiger partial charge in [-0.1, -0.05) is 77.5 Å². The topological polar surface area (TPSA) is 0 Å². The van der Waals surface area contributed by atoms with E-state index in [4.69, 9.17) is 0 Å². The lowest BCUT2D eigenvalue weighted by atomic mass is 9.96. The minimum absolute atomic E-state index is 1.03. The number of thiophene rings is 1. The Labute approximate surface area is 165 Å². The molecule has 0 unspecified atom stereocenters. The number of aryl methyl sites for hydroxylation is 1. The number of rotatable bonds is 2. The molecular weight excluding hydrogens is 400 g/mol. The monoisotopic (exact) mass is 416 g/mol. The second-order valence-electron chi connectivity index (χ2n) is 6.60. The SMILES string of the molecule is CCc1ccc(Br)cc1-c1cccc2c1sc1ccc3ccccc3c12. The molecule has 4 aromatic carbocycles. The summed E-state index contributed by atoms with van der Waals surface area (Å²) in [7, 11) is 0. The van der Waals surface area contributed by atoms with Gasteiger partial charge in [-0.3, -0.25) is 0 Å². The van der Waals surface area contributed by atoms with Crippen LogP contribution in [0.25, 0.3) is 42.1 Å². The quantitative estimate of drug-likeness (QED) is 0.272. The number of fused-ring (bicyclic) bond motifs is 5. The van der Waals surface area contributed by atoms with E-state index in [0.29, 0.717) is 0 Å². The van der Waals surface area contributed by atoms with Crippen LogP contribution in [0.5, 0.6) is 0 Å². The molecule has 126 valence electrons. The number of hydrogen-bond donors (Lipinski definition) is 0. The summed E-state index contributed by atoms with van der Waals surface area (Å²) in [5, 5.41) is 5.40. The van der Waals surface area contributed by atoms with Crippen LogP contribution in [-0.4, -0.2) is 0 Å². The Morgan fingerprint density at radius 1 is 0.808 bits per heavy atom. The molecule has 26 heavy (non-hydrogen) atoms. The van der Waals surface area contributed by atoms with Crippen LogP contribution < -0.4 is 0 Å². The Morgan fingerprint density at radius 3 is 2.54 bits per heavy atom. The Morgan fingerprint density at radius 2 is 1.65 bits per heavy atom. The Hall–Kier alpha value is -2.16. The molecule has 0 saturated carbocycles. The average Bonchev–Trinajstić information content (AvgIpc) is 3.07. The molecule has 0 radical (unpaired) electrons. The first-order chi connectivity index (χ1) is 12.8. The fraction of sp³-hybridized carbons (Fsp3) is 0.0833. The van der Waals surface area contributed by atoms with Crippen LogP contribution in [0, 0.1) is 0 Å². The van der Waals surface area contributed by atoms with Crippen molar-refractivity contribution in [3.8, 4) is 11.1 Å². The van der Waals surface area contributed by atoms with Gasteiger partial charge >= 0.3 is 0 Å². The highest BCUT2D eigenvalue weighted by atomic mass is 79.9. The molecule has 0 aliphatic heterocycles. The first-order valence-corrected chi connectivity index (χ1v) is 10.5. The second-order valence-corrected chi connectivity index (χ2v) is 8.57. The minimum Gasteiger partial charge on any atom is -0.135 e. The Bertz CT molecular complexity index is 1280. The third-order valence-electron chi connectivity index (χ3n) is 5.13. The smallest absolute Gasteiger partial charge is 0.0434 e. The molecule has 0 spiro atoms. The van der Waals surface area contributed by atoms with Gasteiger partial charge in [0.15, 0.2) is 0 Å². The maximum Gasteiger partial charge on any atom is 0.0434 e. The van der Waals surface area contributed by atoms with Crippen LogP contribution in [0.3, 0.4) is 0 Å². The molecule has 1 aromatic heterocycles. The van der Waals surface area contributed by atoms with Gasteiger partial charge in [-0.25, -0.2) is 0 Å². The summed E-state index contributed by atoms with van der Waals surface area (Å²) in [5.74, 6) is 0. The van der Waals surface area contributed by atoms with Crippen LogP contribution in [0.4, 0.5) is 0 Å². The van der Waals surface area contributed by atoms with Crippen molar-refractivity contribution in [2.24, 2.45) is 0 Å². The van der Waals surface area contributed by atoms with Crippen molar-refractivity contribution in [2.45, 2.75) is 13.3 Å². The van der Waals surface area contributed by atoms with Gasteiger partial charge in [-0.05, 0) is 52.1 Å². The van der Waals surface area contributed by atoms with Gasteiger partial charge < -0.3 is 0 Å². The van der Waals surface area contributed by atoms with E-state index in [0.717, 1.165) is 10.9 Å². The van der Waals surface area contributed by atoms with Gasteiger partial charge in [0, 0.05) is 24.6 Å². The summed E-state index contributed by atoms with van der Waals surface area (Å²) in [6.45, 7) is 2.23. The zero-order chi connectivity index (χ0) is 17.7. The largest absolute Gasteiger partial charge is 0.135 e. The molecule has 1 heterocycles. The molecule has 0 fully saturated rings. The highest BCUT2D eigenvalue weighted by Gasteiger charge is 2.14. The molecule has 0 aliphatic carbocycles. The lowest BCUT2D eigenvalue weighted by Gasteiger charge is -2.10. The summed E-state index contributed by atoms with van der Waals surface area (Å²) in [6, 6.07) is 26.6. The van der Waals surface area contributed by atoms with E-state index in [1.165, 1.54) is 47.6 Å². The van der Waals surface area contributed by atoms with Crippen LogP contribution in [0.15, 0.2) is 77.3 Å². The van der Waals surface area contributed by atoms with Crippen molar-refractivity contribution in [1.29, 1.82) is 0 Å². The van der Waals surface area contributed by atoms with Crippen molar-refractivity contribution in [2.75, 3.05) is 0 Å². The van der Waals surface area contributed by atoms with E-state index in [1.807, 2.05) is 11.3 Å². The van der Waals surface area contributed by atoms with Gasteiger partial charge in [0.05, 0.1) is 0 Å². The van der Waals surface area contributed by atoms with Crippen molar-refractivity contribution >= 4 is 58.2 Å². The fourth-order valence-corrected chi connectivity index (χ4v) is 5.50. The third kappa shape index (κ3) is 2.40. The zero-order valence-electron chi connectivity index (χ0n) is 14.4. The van der Waals surface area contributed by atoms with Crippen LogP contribution in [-0.2, 0) is 6.42 Å². The van der Waals surface area contributed by atoms with Crippen molar-refractivity contribution < 1.29 is 0 Å². The predicted molar refractivity (Wildman–Crippen MR) is 119 cm³/mol. The summed E-state index contributed by atoms with van der Waals surface area (Å²) in [4.78, 5) is 0. The second kappa shape index (κ2) is 6.22. The Kier molecular flexibility index (Phi) is 3.84. The highest BCUT2D eigenvalue weighted by molar-refractivity contribution is 9.10. The van der Waals surface area contributed by atoms with Gasteiger partial charge in [-0.2, -0.15) is 0 Å². The van der Waals surface area contributed by atoms with Gasteiger partial charge in [0.25, 0.3) is 0 Å². The average molecular weight is 417 g/mol. The molecule has 0 amide bonds. The first kappa shape index (κ1) is 16.0. The van der Waals surface area contributed by atoms with E-state index >= 15 is 0 Å². The summed E-state index contributed by atoms with van der Waals surface area (Å²) < 4.78 is 3.87. The summed E-state index contributed by atoms with van der Waals surface area (Å²) >= 11 is 5.57. The third-order valence-corrected chi connectivity index (χ3v) is 6.83. The van der Waals surface area contributed by atoms with Crippen LogP contribution >= 0.6 is 27.3 Å². The van der Waals surface area contributed by atoms with Gasteiger partial charge in [0.2, 0.25) is 0 Å². The molecule has 0 aliphatic rings. The maximum atomic E-state index is 3.66. The summed E-state index contributed by atoms with van der Waals surface area (Å²) in [5.41, 5.74) is 4.07. The van der Waals surface area contributed by atoms with E-state index in [1.54, 1.807) is 0 Å². The zero-order valence-corrected chi connectivity index (χ0v) is 16.8. The molecule has 0 nitrogen and oxygen atoms in total. The molecule has 0 N–H and O–H groups in total. The number of hydrogen-bond acceptors (Lipinski definition) is 1. The summed E-state index contributed by atoms with van der Waals surface area (Å²) in [6.07, 6.45) is 1.03. The minimum atomic E-state index is 1.03. The molecule has 0 atom stereocenters. The van der Waals surface area contributed by atoms with Gasteiger partial charge in [-0.15, -0.1) is 11.3 Å². The van der Waals surface area contributed by atoms with E-state index < -0.39 is 0 Å².